The van der Waals surface area contributed by atoms with E-state index in [1.807, 2.05) is 0 Å². The number of likely N-dealkylation sites (tertiary alicyclic amines) is 1. The standard InChI is InChI=1S/C13H22N2/c1-2-13(11-14,12-7-8-12)15-9-5-3-4-6-10-15/h12H,2-10H2,1H3. The van der Waals surface area contributed by atoms with E-state index >= 15 is 0 Å². The van der Waals surface area contributed by atoms with Crippen LogP contribution in [-0.2, 0) is 0 Å². The van der Waals surface area contributed by atoms with Crippen molar-refractivity contribution >= 4 is 0 Å². The second kappa shape index (κ2) is 4.53. The molecule has 2 nitrogen and oxygen atoms in total. The maximum Gasteiger partial charge on any atom is 0.111 e. The van der Waals surface area contributed by atoms with E-state index in [1.54, 1.807) is 0 Å². The molecule has 2 aliphatic rings. The Bertz CT molecular complexity index is 244. The van der Waals surface area contributed by atoms with Crippen molar-refractivity contribution in [3.63, 3.8) is 0 Å². The van der Waals surface area contributed by atoms with Crippen LogP contribution in [0.4, 0.5) is 0 Å². The van der Waals surface area contributed by atoms with Crippen molar-refractivity contribution in [2.45, 2.75) is 57.4 Å². The van der Waals surface area contributed by atoms with Gasteiger partial charge >= 0.3 is 0 Å². The number of nitriles is 1. The van der Waals surface area contributed by atoms with Crippen molar-refractivity contribution < 1.29 is 0 Å². The monoisotopic (exact) mass is 206 g/mol. The summed E-state index contributed by atoms with van der Waals surface area (Å²) in [6, 6.07) is 2.65. The Kier molecular flexibility index (Phi) is 3.31. The van der Waals surface area contributed by atoms with Gasteiger partial charge in [-0.25, -0.2) is 0 Å². The second-order valence-corrected chi connectivity index (χ2v) is 5.07. The Morgan fingerprint density at radius 1 is 1.20 bits per heavy atom. The third-order valence-electron chi connectivity index (χ3n) is 4.16. The first-order chi connectivity index (χ1) is 7.33. The Morgan fingerprint density at radius 2 is 1.80 bits per heavy atom. The summed E-state index contributed by atoms with van der Waals surface area (Å²) in [5.41, 5.74) is -0.107. The highest BCUT2D eigenvalue weighted by Crippen LogP contribution is 2.45. The minimum atomic E-state index is -0.107. The summed E-state index contributed by atoms with van der Waals surface area (Å²) in [5, 5.41) is 9.54. The molecule has 0 spiro atoms. The van der Waals surface area contributed by atoms with E-state index in [1.165, 1.54) is 38.5 Å². The van der Waals surface area contributed by atoms with Gasteiger partial charge in [0.05, 0.1) is 6.07 Å². The normalized spacial score (nSPS) is 27.7. The van der Waals surface area contributed by atoms with Crippen LogP contribution in [0.15, 0.2) is 0 Å². The lowest BCUT2D eigenvalue weighted by Crippen LogP contribution is -2.49. The van der Waals surface area contributed by atoms with Gasteiger partial charge in [-0.2, -0.15) is 5.26 Å². The molecule has 1 unspecified atom stereocenters. The van der Waals surface area contributed by atoms with Crippen LogP contribution < -0.4 is 0 Å². The average molecular weight is 206 g/mol. The van der Waals surface area contributed by atoms with Crippen LogP contribution in [0.3, 0.4) is 0 Å². The molecule has 1 saturated heterocycles. The van der Waals surface area contributed by atoms with E-state index in [0.29, 0.717) is 5.92 Å². The smallest absolute Gasteiger partial charge is 0.111 e. The quantitative estimate of drug-likeness (QED) is 0.710. The predicted molar refractivity (Wildman–Crippen MR) is 61.4 cm³/mol. The van der Waals surface area contributed by atoms with Crippen LogP contribution in [0, 0.1) is 17.2 Å². The van der Waals surface area contributed by atoms with Crippen molar-refractivity contribution in [3.8, 4) is 6.07 Å². The summed E-state index contributed by atoms with van der Waals surface area (Å²) in [4.78, 5) is 2.50. The molecule has 15 heavy (non-hydrogen) atoms. The molecule has 84 valence electrons. The van der Waals surface area contributed by atoms with Crippen LogP contribution in [0.1, 0.15) is 51.9 Å². The van der Waals surface area contributed by atoms with Crippen molar-refractivity contribution in [2.75, 3.05) is 13.1 Å². The van der Waals surface area contributed by atoms with Gasteiger partial charge in [0.15, 0.2) is 0 Å². The molecule has 1 atom stereocenters. The zero-order valence-electron chi connectivity index (χ0n) is 9.84. The fourth-order valence-electron chi connectivity index (χ4n) is 3.04. The summed E-state index contributed by atoms with van der Waals surface area (Å²) in [5.74, 6) is 0.672. The highest BCUT2D eigenvalue weighted by molar-refractivity contribution is 5.15. The first-order valence-electron chi connectivity index (χ1n) is 6.50. The summed E-state index contributed by atoms with van der Waals surface area (Å²) >= 11 is 0. The topological polar surface area (TPSA) is 27.0 Å². The fourth-order valence-corrected chi connectivity index (χ4v) is 3.04. The molecule has 0 N–H and O–H groups in total. The van der Waals surface area contributed by atoms with Crippen LogP contribution >= 0.6 is 0 Å². The van der Waals surface area contributed by atoms with Gasteiger partial charge in [0, 0.05) is 0 Å². The molecular formula is C13H22N2. The molecule has 0 aromatic carbocycles. The molecule has 1 saturated carbocycles. The van der Waals surface area contributed by atoms with Gasteiger partial charge in [-0.05, 0) is 51.1 Å². The Labute approximate surface area is 93.3 Å². The van der Waals surface area contributed by atoms with Gasteiger partial charge in [-0.1, -0.05) is 19.8 Å². The fraction of sp³-hybridized carbons (Fsp3) is 0.923. The molecule has 2 rings (SSSR count). The predicted octanol–water partition coefficient (Wildman–Crippen LogP) is 2.94. The van der Waals surface area contributed by atoms with Gasteiger partial charge in [0.25, 0.3) is 0 Å². The Hall–Kier alpha value is -0.550. The molecular weight excluding hydrogens is 184 g/mol. The molecule has 1 heterocycles. The van der Waals surface area contributed by atoms with E-state index in [9.17, 15) is 5.26 Å². The van der Waals surface area contributed by atoms with E-state index in [0.717, 1.165) is 19.5 Å². The summed E-state index contributed by atoms with van der Waals surface area (Å²) < 4.78 is 0. The van der Waals surface area contributed by atoms with Crippen LogP contribution in [0.2, 0.25) is 0 Å². The van der Waals surface area contributed by atoms with E-state index in [-0.39, 0.29) is 5.54 Å². The Balaban J connectivity index is 2.11. The third-order valence-corrected chi connectivity index (χ3v) is 4.16. The Morgan fingerprint density at radius 3 is 2.20 bits per heavy atom. The lowest BCUT2D eigenvalue weighted by Gasteiger charge is -2.38. The molecule has 2 heteroatoms. The molecule has 1 aliphatic carbocycles. The molecule has 0 bridgehead atoms. The van der Waals surface area contributed by atoms with E-state index in [2.05, 4.69) is 17.9 Å². The number of hydrogen-bond donors (Lipinski definition) is 0. The first kappa shape index (κ1) is 11.0. The van der Waals surface area contributed by atoms with Gasteiger partial charge < -0.3 is 0 Å². The first-order valence-corrected chi connectivity index (χ1v) is 6.50. The maximum absolute atomic E-state index is 9.54. The van der Waals surface area contributed by atoms with Gasteiger partial charge in [0.2, 0.25) is 0 Å². The molecule has 0 radical (unpaired) electrons. The zero-order valence-corrected chi connectivity index (χ0v) is 9.84. The van der Waals surface area contributed by atoms with Crippen LogP contribution in [0.5, 0.6) is 0 Å². The van der Waals surface area contributed by atoms with Crippen LogP contribution in [0.25, 0.3) is 0 Å². The molecule has 0 amide bonds. The molecule has 2 fully saturated rings. The summed E-state index contributed by atoms with van der Waals surface area (Å²) in [7, 11) is 0. The number of rotatable bonds is 3. The zero-order chi connectivity index (χ0) is 10.7. The van der Waals surface area contributed by atoms with Crippen molar-refractivity contribution in [1.29, 1.82) is 5.26 Å². The molecule has 0 aromatic rings. The largest absolute Gasteiger partial charge is 0.285 e. The second-order valence-electron chi connectivity index (χ2n) is 5.07. The minimum absolute atomic E-state index is 0.107. The maximum atomic E-state index is 9.54. The van der Waals surface area contributed by atoms with Crippen LogP contribution in [-0.4, -0.2) is 23.5 Å². The highest BCUT2D eigenvalue weighted by Gasteiger charge is 2.48. The number of hydrogen-bond acceptors (Lipinski definition) is 2. The van der Waals surface area contributed by atoms with Gasteiger partial charge in [-0.3, -0.25) is 4.90 Å². The van der Waals surface area contributed by atoms with Gasteiger partial charge in [-0.15, -0.1) is 0 Å². The van der Waals surface area contributed by atoms with Crippen molar-refractivity contribution in [2.24, 2.45) is 5.92 Å². The van der Waals surface area contributed by atoms with Gasteiger partial charge in [0.1, 0.15) is 5.54 Å². The SMILES string of the molecule is CCC(C#N)(C1CC1)N1CCCCCC1. The van der Waals surface area contributed by atoms with E-state index < -0.39 is 0 Å². The summed E-state index contributed by atoms with van der Waals surface area (Å²) in [6.07, 6.45) is 8.84. The average Bonchev–Trinajstić information content (AvgIpc) is 3.07. The molecule has 1 aliphatic heterocycles. The summed E-state index contributed by atoms with van der Waals surface area (Å²) in [6.45, 7) is 4.49. The third kappa shape index (κ3) is 2.03. The lowest BCUT2D eigenvalue weighted by molar-refractivity contribution is 0.115. The van der Waals surface area contributed by atoms with E-state index in [4.69, 9.17) is 0 Å². The minimum Gasteiger partial charge on any atom is -0.285 e. The van der Waals surface area contributed by atoms with Crippen molar-refractivity contribution in [3.05, 3.63) is 0 Å². The number of nitrogens with zero attached hydrogens (tertiary/aromatic N) is 2. The highest BCUT2D eigenvalue weighted by atomic mass is 15.2. The van der Waals surface area contributed by atoms with Crippen molar-refractivity contribution in [1.82, 2.24) is 4.90 Å². The molecule has 0 aromatic heterocycles. The lowest BCUT2D eigenvalue weighted by atomic mass is 9.89.